The maximum Gasteiger partial charge on any atom is 0.0319 e. The molecule has 0 aromatic heterocycles. The molecule has 1 aromatic carbocycles. The summed E-state index contributed by atoms with van der Waals surface area (Å²) in [4.78, 5) is 0. The average molecular weight is 448 g/mol. The molecule has 188 valence electrons. The van der Waals surface area contributed by atoms with E-state index in [1.54, 1.807) is 11.1 Å². The van der Waals surface area contributed by atoms with Gasteiger partial charge in [-0.3, -0.25) is 0 Å². The second-order valence-electron chi connectivity index (χ2n) is 9.90. The molecule has 1 aromatic rings. The molecule has 3 atom stereocenters. The van der Waals surface area contributed by atoms with Crippen molar-refractivity contribution < 1.29 is 5.11 Å². The van der Waals surface area contributed by atoms with Crippen molar-refractivity contribution in [1.82, 2.24) is 0 Å². The van der Waals surface area contributed by atoms with E-state index in [1.807, 2.05) is 0 Å². The van der Waals surface area contributed by atoms with Crippen LogP contribution in [-0.4, -0.2) is 18.8 Å². The first-order valence-electron chi connectivity index (χ1n) is 13.8. The molecule has 2 heteroatoms. The van der Waals surface area contributed by atoms with Crippen molar-refractivity contribution in [3.05, 3.63) is 34.9 Å². The molecule has 0 fully saturated rings. The molecular formula is C30H57NO. The topological polar surface area (TPSA) is 46.2 Å². The van der Waals surface area contributed by atoms with Crippen molar-refractivity contribution >= 4 is 0 Å². The van der Waals surface area contributed by atoms with Crippen molar-refractivity contribution in [2.24, 2.45) is 23.5 Å². The van der Waals surface area contributed by atoms with Crippen LogP contribution >= 0.6 is 0 Å². The second-order valence-corrected chi connectivity index (χ2v) is 9.90. The fraction of sp³-hybridized carbons (Fsp3) is 0.800. The van der Waals surface area contributed by atoms with Crippen LogP contribution in [0.4, 0.5) is 0 Å². The predicted molar refractivity (Wildman–Crippen MR) is 144 cm³/mol. The Balaban J connectivity index is 0.00000177. The summed E-state index contributed by atoms with van der Waals surface area (Å²) in [6.07, 6.45) is 16.1. The molecule has 1 aliphatic rings. The molecule has 2 nitrogen and oxygen atoms in total. The second kappa shape index (κ2) is 19.6. The highest BCUT2D eigenvalue weighted by atomic mass is 16.2. The number of unbranched alkanes of at least 4 members (excludes halogenated alkanes) is 1. The standard InChI is InChI=1S/C26H45N.C3H8.CH4O/c1-5-10-26(19-27)25-16-15-23-17-21(13-14-24(23)18-25)12-9-8-11-20(4)22(6-2)7-3;1-3-2;1-2/h15-16,18,20-22,26H,5-14,17,19,27H2,1-4H3;3H2,1-2H3;2H,1H3/t20?,21-,26?;;/m0../s1. The monoisotopic (exact) mass is 447 g/mol. The SMILES string of the molecule is CCC.CCCC(CN)c1ccc2c(c1)CC[C@H](CCCCC(C)C(CC)CC)C2.CO. The van der Waals surface area contributed by atoms with Crippen LogP contribution in [0.3, 0.4) is 0 Å². The van der Waals surface area contributed by atoms with Gasteiger partial charge in [0.15, 0.2) is 0 Å². The zero-order chi connectivity index (χ0) is 24.4. The minimum absolute atomic E-state index is 0.551. The fourth-order valence-corrected chi connectivity index (χ4v) is 5.35. The minimum Gasteiger partial charge on any atom is -0.400 e. The Morgan fingerprint density at radius 2 is 1.62 bits per heavy atom. The molecular weight excluding hydrogens is 390 g/mol. The molecule has 0 heterocycles. The summed E-state index contributed by atoms with van der Waals surface area (Å²) < 4.78 is 0. The summed E-state index contributed by atoms with van der Waals surface area (Å²) in [5.41, 5.74) is 10.7. The number of aliphatic hydroxyl groups excluding tert-OH is 1. The van der Waals surface area contributed by atoms with Crippen molar-refractivity contribution in [2.75, 3.05) is 13.7 Å². The highest BCUT2D eigenvalue weighted by molar-refractivity contribution is 5.36. The number of rotatable bonds is 12. The Bertz CT molecular complexity index is 552. The molecule has 0 bridgehead atoms. The summed E-state index contributed by atoms with van der Waals surface area (Å²) in [6, 6.07) is 7.27. The van der Waals surface area contributed by atoms with Crippen molar-refractivity contribution in [3.8, 4) is 0 Å². The summed E-state index contributed by atoms with van der Waals surface area (Å²) in [5.74, 6) is 3.30. The molecule has 2 unspecified atom stereocenters. The molecule has 32 heavy (non-hydrogen) atoms. The van der Waals surface area contributed by atoms with Crippen LogP contribution in [0.15, 0.2) is 18.2 Å². The molecule has 0 saturated heterocycles. The molecule has 3 N–H and O–H groups in total. The third-order valence-electron chi connectivity index (χ3n) is 7.33. The van der Waals surface area contributed by atoms with Gasteiger partial charge >= 0.3 is 0 Å². The number of fused-ring (bicyclic) bond motifs is 1. The highest BCUT2D eigenvalue weighted by Crippen LogP contribution is 2.32. The smallest absolute Gasteiger partial charge is 0.0319 e. The van der Waals surface area contributed by atoms with Gasteiger partial charge in [0.2, 0.25) is 0 Å². The Labute approximate surface area is 201 Å². The van der Waals surface area contributed by atoms with Gasteiger partial charge in [0, 0.05) is 7.11 Å². The van der Waals surface area contributed by atoms with Gasteiger partial charge in [0.1, 0.15) is 0 Å². The summed E-state index contributed by atoms with van der Waals surface area (Å²) in [7, 11) is 1.00. The van der Waals surface area contributed by atoms with Crippen molar-refractivity contribution in [3.63, 3.8) is 0 Å². The van der Waals surface area contributed by atoms with E-state index in [9.17, 15) is 0 Å². The van der Waals surface area contributed by atoms with E-state index in [-0.39, 0.29) is 0 Å². The molecule has 0 radical (unpaired) electrons. The van der Waals surface area contributed by atoms with Crippen LogP contribution in [0.5, 0.6) is 0 Å². The first kappa shape index (κ1) is 31.1. The van der Waals surface area contributed by atoms with Gasteiger partial charge in [-0.15, -0.1) is 0 Å². The van der Waals surface area contributed by atoms with E-state index >= 15 is 0 Å². The van der Waals surface area contributed by atoms with Gasteiger partial charge in [-0.2, -0.15) is 0 Å². The third-order valence-corrected chi connectivity index (χ3v) is 7.33. The first-order valence-corrected chi connectivity index (χ1v) is 13.8. The van der Waals surface area contributed by atoms with Gasteiger partial charge < -0.3 is 10.8 Å². The molecule has 0 amide bonds. The molecule has 2 rings (SSSR count). The van der Waals surface area contributed by atoms with Gasteiger partial charge in [-0.25, -0.2) is 0 Å². The molecule has 0 saturated carbocycles. The lowest BCUT2D eigenvalue weighted by Crippen LogP contribution is -2.17. The highest BCUT2D eigenvalue weighted by Gasteiger charge is 2.20. The molecule has 0 spiro atoms. The van der Waals surface area contributed by atoms with E-state index in [4.69, 9.17) is 10.8 Å². The Kier molecular flexibility index (Phi) is 19.1. The quantitative estimate of drug-likeness (QED) is 0.316. The summed E-state index contributed by atoms with van der Waals surface area (Å²) in [5, 5.41) is 7.00. The van der Waals surface area contributed by atoms with Crippen LogP contribution in [0.1, 0.15) is 128 Å². The average Bonchev–Trinajstić information content (AvgIpc) is 2.82. The van der Waals surface area contributed by atoms with Crippen molar-refractivity contribution in [2.45, 2.75) is 125 Å². The van der Waals surface area contributed by atoms with Crippen LogP contribution in [-0.2, 0) is 12.8 Å². The maximum atomic E-state index is 7.00. The molecule has 1 aliphatic carbocycles. The predicted octanol–water partition coefficient (Wildman–Crippen LogP) is 8.29. The number of benzene rings is 1. The molecule has 0 aliphatic heterocycles. The number of aryl methyl sites for hydroxylation is 1. The van der Waals surface area contributed by atoms with Crippen LogP contribution < -0.4 is 5.73 Å². The lowest BCUT2D eigenvalue weighted by Gasteiger charge is -2.27. The number of hydrogen-bond donors (Lipinski definition) is 2. The first-order chi connectivity index (χ1) is 15.5. The van der Waals surface area contributed by atoms with Crippen LogP contribution in [0, 0.1) is 17.8 Å². The van der Waals surface area contributed by atoms with Gasteiger partial charge in [-0.1, -0.05) is 111 Å². The Morgan fingerprint density at radius 3 is 2.19 bits per heavy atom. The van der Waals surface area contributed by atoms with E-state index in [0.29, 0.717) is 5.92 Å². The summed E-state index contributed by atoms with van der Waals surface area (Å²) in [6.45, 7) is 14.5. The Hall–Kier alpha value is -0.860. The largest absolute Gasteiger partial charge is 0.400 e. The van der Waals surface area contributed by atoms with Crippen LogP contribution in [0.25, 0.3) is 0 Å². The van der Waals surface area contributed by atoms with Gasteiger partial charge in [0.05, 0.1) is 0 Å². The van der Waals surface area contributed by atoms with Gasteiger partial charge in [0.25, 0.3) is 0 Å². The van der Waals surface area contributed by atoms with Crippen LogP contribution in [0.2, 0.25) is 0 Å². The summed E-state index contributed by atoms with van der Waals surface area (Å²) >= 11 is 0. The fourth-order valence-electron chi connectivity index (χ4n) is 5.35. The van der Waals surface area contributed by atoms with Crippen molar-refractivity contribution in [1.29, 1.82) is 0 Å². The van der Waals surface area contributed by atoms with E-state index in [0.717, 1.165) is 31.4 Å². The number of hydrogen-bond acceptors (Lipinski definition) is 2. The van der Waals surface area contributed by atoms with E-state index < -0.39 is 0 Å². The lowest BCUT2D eigenvalue weighted by molar-refractivity contribution is 0.303. The van der Waals surface area contributed by atoms with Gasteiger partial charge in [-0.05, 0) is 72.6 Å². The minimum atomic E-state index is 0.551. The third kappa shape index (κ3) is 11.3. The normalized spacial score (nSPS) is 16.9. The lowest BCUT2D eigenvalue weighted by atomic mass is 9.79. The maximum absolute atomic E-state index is 7.00. The Morgan fingerprint density at radius 1 is 0.969 bits per heavy atom. The number of aliphatic hydroxyl groups is 1. The zero-order valence-electron chi connectivity index (χ0n) is 22.8. The van der Waals surface area contributed by atoms with E-state index in [2.05, 4.69) is 59.7 Å². The zero-order valence-corrected chi connectivity index (χ0v) is 22.8. The van der Waals surface area contributed by atoms with E-state index in [1.165, 1.54) is 82.6 Å². The number of nitrogens with two attached hydrogens (primary N) is 1.